The Balaban J connectivity index is 1.61. The summed E-state index contributed by atoms with van der Waals surface area (Å²) in [6.07, 6.45) is 5.25. The molecule has 2 aromatic heterocycles. The van der Waals surface area contributed by atoms with Crippen LogP contribution in [0.1, 0.15) is 26.2 Å². The highest BCUT2D eigenvalue weighted by Gasteiger charge is 2.36. The van der Waals surface area contributed by atoms with Gasteiger partial charge in [-0.25, -0.2) is 9.97 Å². The van der Waals surface area contributed by atoms with Crippen molar-refractivity contribution in [3.63, 3.8) is 0 Å². The van der Waals surface area contributed by atoms with Crippen molar-refractivity contribution in [1.82, 2.24) is 9.97 Å². The van der Waals surface area contributed by atoms with Gasteiger partial charge in [0.15, 0.2) is 5.78 Å². The van der Waals surface area contributed by atoms with Gasteiger partial charge in [0.05, 0.1) is 48.2 Å². The Labute approximate surface area is 256 Å². The SMILES string of the molecule is C=CC(=O)C[C@H]1CCOC[C@H]1Nc1cc2c(N3CCC(C)(OC)C3)nc(-c3c(Cl)c(OC)cc(OC)c3Cl)cc2cn1. The number of fused-ring (bicyclic) bond motifs is 1. The molecule has 3 atom stereocenters. The predicted octanol–water partition coefficient (Wildman–Crippen LogP) is 6.20. The van der Waals surface area contributed by atoms with E-state index >= 15 is 0 Å². The minimum absolute atomic E-state index is 0.0286. The van der Waals surface area contributed by atoms with Crippen molar-refractivity contribution >= 4 is 51.4 Å². The van der Waals surface area contributed by atoms with Crippen molar-refractivity contribution < 1.29 is 23.7 Å². The lowest BCUT2D eigenvalue weighted by Crippen LogP contribution is -2.39. The van der Waals surface area contributed by atoms with Crippen LogP contribution in [-0.2, 0) is 14.3 Å². The maximum absolute atomic E-state index is 12.1. The molecule has 9 nitrogen and oxygen atoms in total. The molecule has 224 valence electrons. The number of carbonyl (C=O) groups excluding carboxylic acids is 1. The summed E-state index contributed by atoms with van der Waals surface area (Å²) in [5, 5.41) is 5.98. The first kappa shape index (κ1) is 30.4. The first-order valence-corrected chi connectivity index (χ1v) is 14.7. The van der Waals surface area contributed by atoms with E-state index in [1.54, 1.807) is 27.4 Å². The van der Waals surface area contributed by atoms with Gasteiger partial charge < -0.3 is 29.2 Å². The van der Waals surface area contributed by atoms with E-state index in [-0.39, 0.29) is 23.3 Å². The van der Waals surface area contributed by atoms with Gasteiger partial charge in [0.1, 0.15) is 23.1 Å². The van der Waals surface area contributed by atoms with E-state index in [4.69, 9.17) is 52.1 Å². The molecule has 11 heteroatoms. The number of nitrogens with one attached hydrogen (secondary N) is 1. The number of pyridine rings is 2. The monoisotopic (exact) mass is 614 g/mol. The zero-order chi connectivity index (χ0) is 30.0. The summed E-state index contributed by atoms with van der Waals surface area (Å²) in [5.74, 6) is 2.46. The summed E-state index contributed by atoms with van der Waals surface area (Å²) in [6, 6.07) is 5.52. The molecule has 3 aromatic rings. The molecule has 42 heavy (non-hydrogen) atoms. The largest absolute Gasteiger partial charge is 0.495 e. The molecule has 1 N–H and O–H groups in total. The highest BCUT2D eigenvalue weighted by molar-refractivity contribution is 6.41. The van der Waals surface area contributed by atoms with Gasteiger partial charge in [-0.2, -0.15) is 0 Å². The summed E-state index contributed by atoms with van der Waals surface area (Å²) < 4.78 is 22.6. The lowest BCUT2D eigenvalue weighted by molar-refractivity contribution is -0.116. The molecular formula is C31H36Cl2N4O5. The molecule has 0 aliphatic carbocycles. The highest BCUT2D eigenvalue weighted by Crippen LogP contribution is 2.47. The average molecular weight is 616 g/mol. The fourth-order valence-corrected chi connectivity index (χ4v) is 6.38. The fourth-order valence-electron chi connectivity index (χ4n) is 5.69. The molecule has 0 amide bonds. The van der Waals surface area contributed by atoms with Crippen LogP contribution in [0.5, 0.6) is 11.5 Å². The maximum Gasteiger partial charge on any atom is 0.155 e. The van der Waals surface area contributed by atoms with E-state index in [2.05, 4.69) is 23.7 Å². The first-order valence-electron chi connectivity index (χ1n) is 13.9. The van der Waals surface area contributed by atoms with Crippen molar-refractivity contribution in [1.29, 1.82) is 0 Å². The second kappa shape index (κ2) is 12.6. The van der Waals surface area contributed by atoms with Crippen LogP contribution in [0.15, 0.2) is 37.1 Å². The lowest BCUT2D eigenvalue weighted by atomic mass is 9.89. The molecule has 0 bridgehead atoms. The highest BCUT2D eigenvalue weighted by atomic mass is 35.5. The van der Waals surface area contributed by atoms with Crippen LogP contribution < -0.4 is 19.7 Å². The van der Waals surface area contributed by atoms with E-state index in [0.717, 1.165) is 36.0 Å². The van der Waals surface area contributed by atoms with Crippen molar-refractivity contribution in [3.8, 4) is 22.8 Å². The van der Waals surface area contributed by atoms with Crippen LogP contribution >= 0.6 is 23.2 Å². The maximum atomic E-state index is 12.1. The van der Waals surface area contributed by atoms with Crippen molar-refractivity contribution in [2.45, 2.75) is 37.8 Å². The van der Waals surface area contributed by atoms with Crippen LogP contribution in [-0.4, -0.2) is 75.0 Å². The zero-order valence-corrected chi connectivity index (χ0v) is 25.8. The van der Waals surface area contributed by atoms with Crippen molar-refractivity contribution in [3.05, 3.63) is 47.1 Å². The molecule has 2 fully saturated rings. The Kier molecular flexibility index (Phi) is 9.13. The minimum atomic E-state index is -0.309. The number of anilines is 2. The number of ether oxygens (including phenoxy) is 4. The summed E-state index contributed by atoms with van der Waals surface area (Å²) in [6.45, 7) is 8.26. The minimum Gasteiger partial charge on any atom is -0.495 e. The zero-order valence-electron chi connectivity index (χ0n) is 24.3. The van der Waals surface area contributed by atoms with E-state index in [9.17, 15) is 4.79 Å². The van der Waals surface area contributed by atoms with Crippen LogP contribution in [0.25, 0.3) is 22.0 Å². The lowest BCUT2D eigenvalue weighted by Gasteiger charge is -2.32. The van der Waals surface area contributed by atoms with Gasteiger partial charge in [-0.1, -0.05) is 29.8 Å². The Morgan fingerprint density at radius 3 is 2.60 bits per heavy atom. The van der Waals surface area contributed by atoms with Gasteiger partial charge in [0.2, 0.25) is 0 Å². The van der Waals surface area contributed by atoms with Gasteiger partial charge in [-0.05, 0) is 43.9 Å². The Morgan fingerprint density at radius 1 is 1.21 bits per heavy atom. The number of halogens is 2. The number of nitrogens with zero attached hydrogens (tertiary/aromatic N) is 3. The normalized spacial score (nSPS) is 22.3. The predicted molar refractivity (Wildman–Crippen MR) is 166 cm³/mol. The van der Waals surface area contributed by atoms with E-state index in [0.29, 0.717) is 64.8 Å². The number of rotatable bonds is 10. The number of aromatic nitrogens is 2. The van der Waals surface area contributed by atoms with E-state index < -0.39 is 0 Å². The molecule has 2 aliphatic heterocycles. The molecule has 1 aromatic carbocycles. The summed E-state index contributed by atoms with van der Waals surface area (Å²) in [7, 11) is 4.82. The Morgan fingerprint density at radius 2 is 1.95 bits per heavy atom. The summed E-state index contributed by atoms with van der Waals surface area (Å²) in [5.41, 5.74) is 0.779. The van der Waals surface area contributed by atoms with Crippen LogP contribution in [0, 0.1) is 5.92 Å². The number of methoxy groups -OCH3 is 3. The second-order valence-corrected chi connectivity index (χ2v) is 11.7. The van der Waals surface area contributed by atoms with Gasteiger partial charge in [0, 0.05) is 61.8 Å². The summed E-state index contributed by atoms with van der Waals surface area (Å²) >= 11 is 13.6. The quantitative estimate of drug-likeness (QED) is 0.268. The second-order valence-electron chi connectivity index (χ2n) is 11.0. The number of carbonyl (C=O) groups is 1. The molecule has 2 saturated heterocycles. The third-order valence-corrected chi connectivity index (χ3v) is 9.03. The Hall–Kier alpha value is -3.11. The smallest absolute Gasteiger partial charge is 0.155 e. The summed E-state index contributed by atoms with van der Waals surface area (Å²) in [4.78, 5) is 24.2. The molecule has 0 spiro atoms. The molecule has 5 rings (SSSR count). The fraction of sp³-hybridized carbons (Fsp3) is 0.452. The number of allylic oxidation sites excluding steroid dienone is 1. The molecule has 2 aliphatic rings. The molecule has 4 heterocycles. The molecule has 1 unspecified atom stereocenters. The van der Waals surface area contributed by atoms with E-state index in [1.165, 1.54) is 6.08 Å². The van der Waals surface area contributed by atoms with Crippen LogP contribution in [0.2, 0.25) is 10.0 Å². The first-order chi connectivity index (χ1) is 20.2. The third-order valence-electron chi connectivity index (χ3n) is 8.28. The number of hydrogen-bond donors (Lipinski definition) is 1. The van der Waals surface area contributed by atoms with Gasteiger partial charge in [-0.15, -0.1) is 0 Å². The van der Waals surface area contributed by atoms with Crippen molar-refractivity contribution in [2.24, 2.45) is 5.92 Å². The Bertz CT molecular complexity index is 1470. The standard InChI is InChI=1S/C31H36Cl2N4O5/c1-6-20(38)11-18-7-10-42-16-23(18)35-26-13-21-19(15-34-26)12-22(36-30(21)37-9-8-31(2,17-37)41-5)27-28(32)24(39-3)14-25(40-4)29(27)33/h6,12-15,18,23H,1,7-11,16-17H2,2-5H3,(H,34,35)/t18-,23-,31?/m1/s1. The van der Waals surface area contributed by atoms with Gasteiger partial charge in [0.25, 0.3) is 0 Å². The van der Waals surface area contributed by atoms with E-state index in [1.807, 2.05) is 18.3 Å². The molecular weight excluding hydrogens is 579 g/mol. The van der Waals surface area contributed by atoms with Crippen LogP contribution in [0.4, 0.5) is 11.6 Å². The number of ketones is 1. The van der Waals surface area contributed by atoms with Crippen LogP contribution in [0.3, 0.4) is 0 Å². The molecule has 0 saturated carbocycles. The van der Waals surface area contributed by atoms with Crippen molar-refractivity contribution in [2.75, 3.05) is 57.8 Å². The molecule has 0 radical (unpaired) electrons. The number of hydrogen-bond acceptors (Lipinski definition) is 9. The topological polar surface area (TPSA) is 95.0 Å². The average Bonchev–Trinajstić information content (AvgIpc) is 3.40. The number of benzene rings is 1. The van der Waals surface area contributed by atoms with Gasteiger partial charge >= 0.3 is 0 Å². The van der Waals surface area contributed by atoms with Gasteiger partial charge in [-0.3, -0.25) is 4.79 Å². The third kappa shape index (κ3) is 6.01.